The molecule has 11 heteroatoms. The molecular weight excluding hydrogens is 391 g/mol. The van der Waals surface area contributed by atoms with Crippen LogP contribution in [0.1, 0.15) is 5.56 Å². The van der Waals surface area contributed by atoms with Gasteiger partial charge in [0.1, 0.15) is 0 Å². The van der Waals surface area contributed by atoms with Crippen LogP contribution in [0.4, 0.5) is 24.5 Å². The quantitative estimate of drug-likeness (QED) is 0.435. The highest BCUT2D eigenvalue weighted by molar-refractivity contribution is 8.00. The van der Waals surface area contributed by atoms with E-state index in [0.717, 1.165) is 28.9 Å². The van der Waals surface area contributed by atoms with E-state index in [0.29, 0.717) is 11.8 Å². The fourth-order valence-corrected chi connectivity index (χ4v) is 3.04. The molecule has 0 aliphatic rings. The summed E-state index contributed by atoms with van der Waals surface area (Å²) in [5, 5.41) is 14.4. The van der Waals surface area contributed by atoms with E-state index in [1.807, 2.05) is 6.26 Å². The van der Waals surface area contributed by atoms with E-state index in [-0.39, 0.29) is 10.6 Å². The summed E-state index contributed by atoms with van der Waals surface area (Å²) in [6, 6.07) is 5.58. The van der Waals surface area contributed by atoms with Crippen LogP contribution in [-0.4, -0.2) is 27.8 Å². The molecule has 0 unspecified atom stereocenters. The number of thioether (sulfide) groups is 2. The highest BCUT2D eigenvalue weighted by Crippen LogP contribution is 2.36. The van der Waals surface area contributed by atoms with E-state index < -0.39 is 28.3 Å². The van der Waals surface area contributed by atoms with Gasteiger partial charge >= 0.3 is 6.18 Å². The van der Waals surface area contributed by atoms with Gasteiger partial charge < -0.3 is 5.32 Å². The monoisotopic (exact) mass is 403 g/mol. The van der Waals surface area contributed by atoms with Crippen molar-refractivity contribution in [3.63, 3.8) is 0 Å². The molecule has 1 N–H and O–H groups in total. The molecule has 0 radical (unpaired) electrons. The summed E-state index contributed by atoms with van der Waals surface area (Å²) >= 11 is 2.22. The summed E-state index contributed by atoms with van der Waals surface area (Å²) in [5.74, 6) is -0.654. The maximum atomic E-state index is 12.7. The van der Waals surface area contributed by atoms with Crippen molar-refractivity contribution in [2.45, 2.75) is 16.1 Å². The van der Waals surface area contributed by atoms with Crippen molar-refractivity contribution in [1.82, 2.24) is 4.98 Å². The maximum Gasteiger partial charge on any atom is 0.416 e. The Kier molecular flexibility index (Phi) is 6.48. The Labute approximate surface area is 154 Å². The summed E-state index contributed by atoms with van der Waals surface area (Å²) in [7, 11) is 0. The van der Waals surface area contributed by atoms with Gasteiger partial charge in [-0.25, -0.2) is 4.98 Å². The second-order valence-electron chi connectivity index (χ2n) is 4.86. The molecule has 0 atom stereocenters. The Bertz CT molecular complexity index is 814. The van der Waals surface area contributed by atoms with Gasteiger partial charge in [0.15, 0.2) is 0 Å². The van der Waals surface area contributed by atoms with Crippen molar-refractivity contribution >= 4 is 40.8 Å². The molecule has 2 aromatic rings. The Morgan fingerprint density at radius 1 is 1.31 bits per heavy atom. The third kappa shape index (κ3) is 5.36. The van der Waals surface area contributed by atoms with Gasteiger partial charge in [0.2, 0.25) is 5.91 Å². The molecule has 1 heterocycles. The number of halogens is 3. The van der Waals surface area contributed by atoms with Gasteiger partial charge in [0.25, 0.3) is 5.69 Å². The molecule has 6 nitrogen and oxygen atoms in total. The van der Waals surface area contributed by atoms with Crippen LogP contribution in [0.15, 0.2) is 46.5 Å². The van der Waals surface area contributed by atoms with Gasteiger partial charge in [-0.2, -0.15) is 13.2 Å². The Hall–Kier alpha value is -2.27. The number of hydrogen-bond donors (Lipinski definition) is 1. The first kappa shape index (κ1) is 20.0. The Balaban J connectivity index is 2.05. The number of nitrogens with zero attached hydrogens (tertiary/aromatic N) is 2. The molecule has 1 aromatic carbocycles. The van der Waals surface area contributed by atoms with Crippen molar-refractivity contribution in [2.75, 3.05) is 17.3 Å². The predicted molar refractivity (Wildman–Crippen MR) is 93.5 cm³/mol. The molecule has 0 aliphatic carbocycles. The number of alkyl halides is 3. The zero-order chi connectivity index (χ0) is 19.3. The molecule has 1 amide bonds. The van der Waals surface area contributed by atoms with Crippen molar-refractivity contribution in [3.8, 4) is 0 Å². The molecule has 26 heavy (non-hydrogen) atoms. The topological polar surface area (TPSA) is 85.1 Å². The number of hydrogen-bond acceptors (Lipinski definition) is 6. The first-order chi connectivity index (χ1) is 12.2. The lowest BCUT2D eigenvalue weighted by Crippen LogP contribution is -2.14. The van der Waals surface area contributed by atoms with E-state index >= 15 is 0 Å². The van der Waals surface area contributed by atoms with Crippen LogP contribution < -0.4 is 5.32 Å². The number of anilines is 1. The molecular formula is C15H12F3N3O3S2. The lowest BCUT2D eigenvalue weighted by Gasteiger charge is -2.09. The van der Waals surface area contributed by atoms with Crippen LogP contribution in [0, 0.1) is 10.1 Å². The van der Waals surface area contributed by atoms with Gasteiger partial charge in [0.05, 0.1) is 38.0 Å². The van der Waals surface area contributed by atoms with Crippen LogP contribution in [0.25, 0.3) is 0 Å². The molecule has 0 fully saturated rings. The average molecular weight is 403 g/mol. The largest absolute Gasteiger partial charge is 0.416 e. The molecule has 1 aromatic heterocycles. The number of pyridine rings is 1. The number of nitro groups is 1. The average Bonchev–Trinajstić information content (AvgIpc) is 2.59. The molecule has 0 bridgehead atoms. The van der Waals surface area contributed by atoms with Crippen molar-refractivity contribution < 1.29 is 22.9 Å². The third-order valence-corrected chi connectivity index (χ3v) is 4.79. The molecule has 0 saturated carbocycles. The van der Waals surface area contributed by atoms with E-state index in [1.165, 1.54) is 18.0 Å². The number of nitro benzene ring substituents is 1. The predicted octanol–water partition coefficient (Wildman–Crippen LogP) is 4.46. The third-order valence-electron chi connectivity index (χ3n) is 3.07. The van der Waals surface area contributed by atoms with E-state index in [9.17, 15) is 28.1 Å². The zero-order valence-electron chi connectivity index (χ0n) is 13.2. The van der Waals surface area contributed by atoms with Crippen LogP contribution in [0.5, 0.6) is 0 Å². The minimum Gasteiger partial charge on any atom is -0.324 e. The molecule has 0 saturated heterocycles. The number of aromatic nitrogens is 1. The van der Waals surface area contributed by atoms with E-state index in [1.54, 1.807) is 12.1 Å². The van der Waals surface area contributed by atoms with Crippen molar-refractivity contribution in [1.29, 1.82) is 0 Å². The molecule has 0 spiro atoms. The number of carbonyl (C=O) groups is 1. The van der Waals surface area contributed by atoms with Gasteiger partial charge in [0, 0.05) is 6.07 Å². The normalized spacial score (nSPS) is 11.2. The second-order valence-corrected chi connectivity index (χ2v) is 6.71. The Morgan fingerprint density at radius 3 is 2.58 bits per heavy atom. The minimum atomic E-state index is -4.68. The van der Waals surface area contributed by atoms with Crippen LogP contribution in [0.2, 0.25) is 0 Å². The fourth-order valence-electron chi connectivity index (χ4n) is 1.87. The van der Waals surface area contributed by atoms with Gasteiger partial charge in [-0.1, -0.05) is 0 Å². The van der Waals surface area contributed by atoms with E-state index in [2.05, 4.69) is 10.3 Å². The number of carbonyl (C=O) groups excluding carboxylic acids is 1. The van der Waals surface area contributed by atoms with Crippen molar-refractivity contribution in [2.24, 2.45) is 0 Å². The highest BCUT2D eigenvalue weighted by atomic mass is 32.2. The molecule has 138 valence electrons. The number of rotatable bonds is 6. The highest BCUT2D eigenvalue weighted by Gasteiger charge is 2.33. The molecule has 2 rings (SSSR count). The first-order valence-electron chi connectivity index (χ1n) is 6.99. The lowest BCUT2D eigenvalue weighted by atomic mass is 10.2. The summed E-state index contributed by atoms with van der Waals surface area (Å²) < 4.78 is 38.0. The number of amides is 1. The number of nitrogens with one attached hydrogen (secondary N) is 1. The van der Waals surface area contributed by atoms with Crippen LogP contribution in [-0.2, 0) is 11.0 Å². The van der Waals surface area contributed by atoms with E-state index in [4.69, 9.17) is 0 Å². The summed E-state index contributed by atoms with van der Waals surface area (Å²) in [6.07, 6.45) is -1.36. The minimum absolute atomic E-state index is 0.0194. The zero-order valence-corrected chi connectivity index (χ0v) is 14.9. The van der Waals surface area contributed by atoms with Crippen molar-refractivity contribution in [3.05, 3.63) is 52.2 Å². The first-order valence-corrected chi connectivity index (χ1v) is 9.20. The van der Waals surface area contributed by atoms with Crippen LogP contribution in [0.3, 0.4) is 0 Å². The van der Waals surface area contributed by atoms with Gasteiger partial charge in [-0.15, -0.1) is 23.5 Å². The second kappa shape index (κ2) is 8.41. The van der Waals surface area contributed by atoms with Crippen LogP contribution >= 0.6 is 23.5 Å². The maximum absolute atomic E-state index is 12.7. The molecule has 0 aliphatic heterocycles. The SMILES string of the molecule is CSc1ccc(NC(=O)CSc2ccc(C(F)(F)F)cc2[N+](=O)[O-])cn1. The van der Waals surface area contributed by atoms with Gasteiger partial charge in [-0.3, -0.25) is 14.9 Å². The summed E-state index contributed by atoms with van der Waals surface area (Å²) in [6.45, 7) is 0. The standard InChI is InChI=1S/C15H12F3N3O3S2/c1-25-14-5-3-10(7-19-14)20-13(22)8-26-12-4-2-9(15(16,17)18)6-11(12)21(23)24/h2-7H,8H2,1H3,(H,20,22). The lowest BCUT2D eigenvalue weighted by molar-refractivity contribution is -0.388. The summed E-state index contributed by atoms with van der Waals surface area (Å²) in [5.41, 5.74) is -1.35. The smallest absolute Gasteiger partial charge is 0.324 e. The Morgan fingerprint density at radius 2 is 2.04 bits per heavy atom. The summed E-state index contributed by atoms with van der Waals surface area (Å²) in [4.78, 5) is 26.1. The number of benzene rings is 1. The fraction of sp³-hybridized carbons (Fsp3) is 0.200. The van der Waals surface area contributed by atoms with Gasteiger partial charge in [-0.05, 0) is 30.5 Å².